The first-order valence-electron chi connectivity index (χ1n) is 9.60. The number of benzene rings is 3. The summed E-state index contributed by atoms with van der Waals surface area (Å²) < 4.78 is 9.96. The molecule has 0 aromatic heterocycles. The van der Waals surface area contributed by atoms with Crippen molar-refractivity contribution in [2.45, 2.75) is 6.92 Å². The van der Waals surface area contributed by atoms with E-state index in [1.807, 2.05) is 0 Å². The van der Waals surface area contributed by atoms with E-state index in [4.69, 9.17) is 9.47 Å². The fourth-order valence-corrected chi connectivity index (χ4v) is 2.77. The predicted molar refractivity (Wildman–Crippen MR) is 115 cm³/mol. The Balaban J connectivity index is 1.51. The van der Waals surface area contributed by atoms with Crippen LogP contribution in [-0.4, -0.2) is 36.2 Å². The number of hydrogen-bond donors (Lipinski definition) is 2. The van der Waals surface area contributed by atoms with E-state index in [9.17, 15) is 19.5 Å². The number of phenolic OH excluding ortho intramolecular Hbond substituents is 1. The second-order valence-electron chi connectivity index (χ2n) is 6.55. The standard InChI is InChI=1S/C24H21NO6/c1-2-30-23(28)19-7-11-20(12-8-19)25-22(27)15-31-24(29)18-5-3-16(4-6-18)17-9-13-21(26)14-10-17/h3-14,26H,2,15H2,1H3,(H,25,27). The molecule has 7 heteroatoms. The molecule has 0 fully saturated rings. The summed E-state index contributed by atoms with van der Waals surface area (Å²) in [6, 6.07) is 19.6. The van der Waals surface area contributed by atoms with Crippen molar-refractivity contribution in [2.75, 3.05) is 18.5 Å². The number of phenols is 1. The minimum absolute atomic E-state index is 0.178. The molecule has 0 bridgehead atoms. The van der Waals surface area contributed by atoms with Gasteiger partial charge in [0, 0.05) is 5.69 Å². The number of rotatable bonds is 7. The number of carbonyl (C=O) groups is 3. The lowest BCUT2D eigenvalue weighted by molar-refractivity contribution is -0.119. The van der Waals surface area contributed by atoms with Gasteiger partial charge in [0.05, 0.1) is 17.7 Å². The van der Waals surface area contributed by atoms with Crippen molar-refractivity contribution in [3.63, 3.8) is 0 Å². The first kappa shape index (κ1) is 21.6. The van der Waals surface area contributed by atoms with Crippen LogP contribution in [0.4, 0.5) is 5.69 Å². The molecule has 1 amide bonds. The molecule has 158 valence electrons. The van der Waals surface area contributed by atoms with Crippen molar-refractivity contribution in [3.8, 4) is 16.9 Å². The van der Waals surface area contributed by atoms with E-state index in [2.05, 4.69) is 5.32 Å². The highest BCUT2D eigenvalue weighted by Crippen LogP contribution is 2.22. The van der Waals surface area contributed by atoms with Crippen LogP contribution in [0.25, 0.3) is 11.1 Å². The zero-order valence-corrected chi connectivity index (χ0v) is 16.8. The normalized spacial score (nSPS) is 10.2. The first-order valence-corrected chi connectivity index (χ1v) is 9.60. The van der Waals surface area contributed by atoms with Crippen molar-refractivity contribution in [2.24, 2.45) is 0 Å². The van der Waals surface area contributed by atoms with Crippen LogP contribution < -0.4 is 5.32 Å². The van der Waals surface area contributed by atoms with Gasteiger partial charge >= 0.3 is 11.9 Å². The van der Waals surface area contributed by atoms with Crippen LogP contribution in [0.15, 0.2) is 72.8 Å². The van der Waals surface area contributed by atoms with E-state index in [1.165, 1.54) is 12.1 Å². The van der Waals surface area contributed by atoms with Gasteiger partial charge in [-0.3, -0.25) is 4.79 Å². The second kappa shape index (κ2) is 10.1. The monoisotopic (exact) mass is 419 g/mol. The van der Waals surface area contributed by atoms with Gasteiger partial charge in [0.25, 0.3) is 5.91 Å². The lowest BCUT2D eigenvalue weighted by atomic mass is 10.0. The summed E-state index contributed by atoms with van der Waals surface area (Å²) in [5, 5.41) is 12.0. The topological polar surface area (TPSA) is 102 Å². The lowest BCUT2D eigenvalue weighted by Gasteiger charge is -2.08. The van der Waals surface area contributed by atoms with Gasteiger partial charge in [0.15, 0.2) is 6.61 Å². The average molecular weight is 419 g/mol. The third-order valence-corrected chi connectivity index (χ3v) is 4.34. The maximum atomic E-state index is 12.2. The Bertz CT molecular complexity index is 1060. The number of ether oxygens (including phenoxy) is 2. The Hall–Kier alpha value is -4.13. The van der Waals surface area contributed by atoms with Gasteiger partial charge in [-0.25, -0.2) is 9.59 Å². The summed E-state index contributed by atoms with van der Waals surface area (Å²) in [6.45, 7) is 1.55. The minimum atomic E-state index is -0.620. The maximum Gasteiger partial charge on any atom is 0.338 e. The Kier molecular flexibility index (Phi) is 7.01. The molecule has 0 unspecified atom stereocenters. The van der Waals surface area contributed by atoms with Crippen LogP contribution in [0.2, 0.25) is 0 Å². The van der Waals surface area contributed by atoms with Gasteiger partial charge in [-0.1, -0.05) is 24.3 Å². The van der Waals surface area contributed by atoms with Crippen molar-refractivity contribution in [1.29, 1.82) is 0 Å². The van der Waals surface area contributed by atoms with Crippen LogP contribution in [0.1, 0.15) is 27.6 Å². The SMILES string of the molecule is CCOC(=O)c1ccc(NC(=O)COC(=O)c2ccc(-c3ccc(O)cc3)cc2)cc1. The molecular formula is C24H21NO6. The Morgan fingerprint density at radius 1 is 0.742 bits per heavy atom. The maximum absolute atomic E-state index is 12.2. The second-order valence-corrected chi connectivity index (χ2v) is 6.55. The van der Waals surface area contributed by atoms with Gasteiger partial charge < -0.3 is 19.9 Å². The Morgan fingerprint density at radius 2 is 1.23 bits per heavy atom. The molecule has 0 aliphatic carbocycles. The summed E-state index contributed by atoms with van der Waals surface area (Å²) in [6.07, 6.45) is 0. The van der Waals surface area contributed by atoms with Crippen LogP contribution in [0.5, 0.6) is 5.75 Å². The molecule has 3 aromatic carbocycles. The molecule has 0 aliphatic heterocycles. The largest absolute Gasteiger partial charge is 0.508 e. The van der Waals surface area contributed by atoms with E-state index in [1.54, 1.807) is 67.6 Å². The summed E-state index contributed by atoms with van der Waals surface area (Å²) in [5.74, 6) is -1.38. The number of hydrogen-bond acceptors (Lipinski definition) is 6. The molecule has 31 heavy (non-hydrogen) atoms. The predicted octanol–water partition coefficient (Wildman–Crippen LogP) is 4.03. The molecule has 0 saturated heterocycles. The smallest absolute Gasteiger partial charge is 0.338 e. The average Bonchev–Trinajstić information content (AvgIpc) is 2.79. The lowest BCUT2D eigenvalue weighted by Crippen LogP contribution is -2.21. The fraction of sp³-hybridized carbons (Fsp3) is 0.125. The highest BCUT2D eigenvalue weighted by atomic mass is 16.5. The number of esters is 2. The van der Waals surface area contributed by atoms with E-state index < -0.39 is 24.5 Å². The van der Waals surface area contributed by atoms with Crippen LogP contribution in [0, 0.1) is 0 Å². The quantitative estimate of drug-likeness (QED) is 0.561. The number of nitrogens with one attached hydrogen (secondary N) is 1. The van der Waals surface area contributed by atoms with E-state index in [0.717, 1.165) is 11.1 Å². The molecule has 0 aliphatic rings. The first-order chi connectivity index (χ1) is 15.0. The number of aromatic hydroxyl groups is 1. The van der Waals surface area contributed by atoms with Gasteiger partial charge in [-0.05, 0) is 66.6 Å². The summed E-state index contributed by atoms with van der Waals surface area (Å²) >= 11 is 0. The van der Waals surface area contributed by atoms with Crippen LogP contribution >= 0.6 is 0 Å². The molecule has 3 aromatic rings. The molecule has 3 rings (SSSR count). The molecule has 0 saturated carbocycles. The zero-order valence-electron chi connectivity index (χ0n) is 16.8. The Labute approximate surface area is 179 Å². The number of anilines is 1. The summed E-state index contributed by atoms with van der Waals surface area (Å²) in [5.41, 5.74) is 2.93. The number of amides is 1. The van der Waals surface area contributed by atoms with Crippen LogP contribution in [-0.2, 0) is 14.3 Å². The zero-order chi connectivity index (χ0) is 22.2. The summed E-state index contributed by atoms with van der Waals surface area (Å²) in [7, 11) is 0. The van der Waals surface area contributed by atoms with Gasteiger partial charge in [-0.15, -0.1) is 0 Å². The number of carbonyl (C=O) groups excluding carboxylic acids is 3. The molecule has 7 nitrogen and oxygen atoms in total. The van der Waals surface area contributed by atoms with E-state index >= 15 is 0 Å². The molecule has 0 atom stereocenters. The molecule has 0 spiro atoms. The molecule has 0 radical (unpaired) electrons. The fourth-order valence-electron chi connectivity index (χ4n) is 2.77. The van der Waals surface area contributed by atoms with Gasteiger partial charge in [0.2, 0.25) is 0 Å². The van der Waals surface area contributed by atoms with Gasteiger partial charge in [0.1, 0.15) is 5.75 Å². The summed E-state index contributed by atoms with van der Waals surface area (Å²) in [4.78, 5) is 35.9. The van der Waals surface area contributed by atoms with Crippen molar-refractivity contribution < 1.29 is 29.0 Å². The van der Waals surface area contributed by atoms with E-state index in [-0.39, 0.29) is 12.4 Å². The highest BCUT2D eigenvalue weighted by molar-refractivity contribution is 5.96. The van der Waals surface area contributed by atoms with Crippen LogP contribution in [0.3, 0.4) is 0 Å². The van der Waals surface area contributed by atoms with Crippen molar-refractivity contribution in [1.82, 2.24) is 0 Å². The minimum Gasteiger partial charge on any atom is -0.508 e. The molecule has 2 N–H and O–H groups in total. The molecule has 0 heterocycles. The molecular weight excluding hydrogens is 398 g/mol. The third kappa shape index (κ3) is 5.93. The Morgan fingerprint density at radius 3 is 1.77 bits per heavy atom. The highest BCUT2D eigenvalue weighted by Gasteiger charge is 2.12. The van der Waals surface area contributed by atoms with Crippen molar-refractivity contribution in [3.05, 3.63) is 83.9 Å². The third-order valence-electron chi connectivity index (χ3n) is 4.34. The van der Waals surface area contributed by atoms with Gasteiger partial charge in [-0.2, -0.15) is 0 Å². The van der Waals surface area contributed by atoms with E-state index in [0.29, 0.717) is 16.8 Å². The van der Waals surface area contributed by atoms with Crippen molar-refractivity contribution >= 4 is 23.5 Å².